The molecule has 0 fully saturated rings. The van der Waals surface area contributed by atoms with Crippen LogP contribution in [0.3, 0.4) is 0 Å². The number of carbonyl (C=O) groups excluding carboxylic acids is 2. The molecule has 8 heteroatoms. The third kappa shape index (κ3) is 5.33. The smallest absolute Gasteiger partial charge is 0.258 e. The average molecular weight is 407 g/mol. The van der Waals surface area contributed by atoms with Gasteiger partial charge in [0.05, 0.1) is 17.3 Å². The first-order chi connectivity index (χ1) is 13.2. The van der Waals surface area contributed by atoms with Gasteiger partial charge in [0.1, 0.15) is 18.0 Å². The molecule has 152 valence electrons. The first-order valence-corrected chi connectivity index (χ1v) is 9.53. The molecule has 7 nitrogen and oxygen atoms in total. The van der Waals surface area contributed by atoms with E-state index >= 15 is 0 Å². The Balaban J connectivity index is 0.00000280. The van der Waals surface area contributed by atoms with Gasteiger partial charge in [0.25, 0.3) is 5.91 Å². The number of aromatic nitrogens is 2. The number of nitrogens with zero attached hydrogens (tertiary/aromatic N) is 1. The molecule has 0 radical (unpaired) electrons. The van der Waals surface area contributed by atoms with Gasteiger partial charge in [0.2, 0.25) is 0 Å². The standard InChI is InChI=1S/C20H26N4O3.ClH/c1-2-3-8-21-10-11-27-18-7-9-22-13-16(18)24-20(26)14-12-23-15-5-4-6-17(25)19(14)15;/h7,9,12-13,21,23H,2-6,8,10-11H2,1H3,(H,24,26);1H. The van der Waals surface area contributed by atoms with Crippen LogP contribution < -0.4 is 15.4 Å². The molecular weight excluding hydrogens is 380 g/mol. The van der Waals surface area contributed by atoms with Gasteiger partial charge in [-0.2, -0.15) is 0 Å². The molecule has 1 amide bonds. The number of anilines is 1. The number of nitrogens with one attached hydrogen (secondary N) is 3. The number of hydrogen-bond acceptors (Lipinski definition) is 5. The third-order valence-corrected chi connectivity index (χ3v) is 4.59. The van der Waals surface area contributed by atoms with Crippen molar-refractivity contribution in [2.45, 2.75) is 39.0 Å². The van der Waals surface area contributed by atoms with Crippen LogP contribution in [0.5, 0.6) is 5.75 Å². The zero-order chi connectivity index (χ0) is 19.1. The minimum atomic E-state index is -0.332. The van der Waals surface area contributed by atoms with E-state index in [1.807, 2.05) is 0 Å². The van der Waals surface area contributed by atoms with Crippen molar-refractivity contribution in [1.29, 1.82) is 0 Å². The van der Waals surface area contributed by atoms with Gasteiger partial charge in [0, 0.05) is 37.1 Å². The van der Waals surface area contributed by atoms with Crippen LogP contribution in [-0.4, -0.2) is 41.4 Å². The van der Waals surface area contributed by atoms with E-state index in [0.29, 0.717) is 35.6 Å². The van der Waals surface area contributed by atoms with Crippen molar-refractivity contribution in [3.8, 4) is 5.75 Å². The van der Waals surface area contributed by atoms with E-state index in [1.165, 1.54) is 0 Å². The number of aromatic amines is 1. The number of fused-ring (bicyclic) bond motifs is 1. The Kier molecular flexibility index (Phi) is 8.47. The Morgan fingerprint density at radius 2 is 2.18 bits per heavy atom. The molecule has 0 spiro atoms. The summed E-state index contributed by atoms with van der Waals surface area (Å²) in [5.74, 6) is 0.247. The van der Waals surface area contributed by atoms with Crippen molar-refractivity contribution in [2.24, 2.45) is 0 Å². The number of halogens is 1. The van der Waals surface area contributed by atoms with E-state index in [4.69, 9.17) is 4.74 Å². The lowest BCUT2D eigenvalue weighted by Crippen LogP contribution is -2.22. The van der Waals surface area contributed by atoms with Crippen molar-refractivity contribution in [3.05, 3.63) is 41.5 Å². The Morgan fingerprint density at radius 3 is 3.00 bits per heavy atom. The molecule has 0 saturated heterocycles. The van der Waals surface area contributed by atoms with E-state index < -0.39 is 0 Å². The van der Waals surface area contributed by atoms with Crippen LogP contribution in [-0.2, 0) is 6.42 Å². The zero-order valence-corrected chi connectivity index (χ0v) is 16.9. The van der Waals surface area contributed by atoms with Gasteiger partial charge >= 0.3 is 0 Å². The lowest BCUT2D eigenvalue weighted by Gasteiger charge is -2.14. The number of pyridine rings is 1. The van der Waals surface area contributed by atoms with E-state index in [1.54, 1.807) is 24.7 Å². The van der Waals surface area contributed by atoms with Gasteiger partial charge in [-0.3, -0.25) is 14.6 Å². The number of rotatable bonds is 9. The molecule has 0 unspecified atom stereocenters. The quantitative estimate of drug-likeness (QED) is 0.555. The second-order valence-electron chi connectivity index (χ2n) is 6.61. The topological polar surface area (TPSA) is 96.1 Å². The molecule has 2 heterocycles. The van der Waals surface area contributed by atoms with Gasteiger partial charge in [-0.15, -0.1) is 12.4 Å². The van der Waals surface area contributed by atoms with Crippen molar-refractivity contribution in [1.82, 2.24) is 15.3 Å². The number of H-pyrrole nitrogens is 1. The van der Waals surface area contributed by atoms with Crippen LogP contribution in [0.2, 0.25) is 0 Å². The molecule has 3 rings (SSSR count). The summed E-state index contributed by atoms with van der Waals surface area (Å²) in [5.41, 5.74) is 2.24. The fourth-order valence-corrected chi connectivity index (χ4v) is 3.16. The normalized spacial score (nSPS) is 12.8. The molecule has 0 bridgehead atoms. The minimum absolute atomic E-state index is 0. The number of ether oxygens (including phenoxy) is 1. The SMILES string of the molecule is CCCCNCCOc1ccncc1NC(=O)c1c[nH]c2c1C(=O)CCC2.Cl. The summed E-state index contributed by atoms with van der Waals surface area (Å²) in [6.45, 7) is 4.34. The number of ketones is 1. The summed E-state index contributed by atoms with van der Waals surface area (Å²) in [6.07, 6.45) is 9.17. The largest absolute Gasteiger partial charge is 0.490 e. The predicted octanol–water partition coefficient (Wildman–Crippen LogP) is 3.37. The number of carbonyl (C=O) groups is 2. The minimum Gasteiger partial charge on any atom is -0.490 e. The van der Waals surface area contributed by atoms with Gasteiger partial charge in [-0.1, -0.05) is 13.3 Å². The highest BCUT2D eigenvalue weighted by Crippen LogP contribution is 2.27. The highest BCUT2D eigenvalue weighted by atomic mass is 35.5. The van der Waals surface area contributed by atoms with Crippen LogP contribution in [0.25, 0.3) is 0 Å². The number of hydrogen-bond donors (Lipinski definition) is 3. The number of unbranched alkanes of at least 4 members (excludes halogenated alkanes) is 1. The number of Topliss-reactive ketones (excluding diaryl/α,β-unsaturated/α-hetero) is 1. The Morgan fingerprint density at radius 1 is 1.32 bits per heavy atom. The van der Waals surface area contributed by atoms with Crippen LogP contribution in [0.15, 0.2) is 24.7 Å². The van der Waals surface area contributed by atoms with Crippen molar-refractivity contribution < 1.29 is 14.3 Å². The monoisotopic (exact) mass is 406 g/mol. The van der Waals surface area contributed by atoms with E-state index in [-0.39, 0.29) is 24.1 Å². The molecule has 28 heavy (non-hydrogen) atoms. The maximum absolute atomic E-state index is 12.7. The molecule has 1 aliphatic rings. The highest BCUT2D eigenvalue weighted by molar-refractivity contribution is 6.13. The molecule has 0 aliphatic heterocycles. The van der Waals surface area contributed by atoms with Crippen molar-refractivity contribution in [3.63, 3.8) is 0 Å². The highest BCUT2D eigenvalue weighted by Gasteiger charge is 2.26. The van der Waals surface area contributed by atoms with Gasteiger partial charge in [-0.25, -0.2) is 0 Å². The summed E-state index contributed by atoms with van der Waals surface area (Å²) in [6, 6.07) is 1.72. The Labute approximate surface area is 171 Å². The first kappa shape index (κ1) is 21.9. The second-order valence-corrected chi connectivity index (χ2v) is 6.61. The molecule has 0 aromatic carbocycles. The van der Waals surface area contributed by atoms with E-state index in [0.717, 1.165) is 44.5 Å². The zero-order valence-electron chi connectivity index (χ0n) is 16.0. The molecule has 1 aliphatic carbocycles. The Bertz CT molecular complexity index is 806. The average Bonchev–Trinajstić information content (AvgIpc) is 3.11. The third-order valence-electron chi connectivity index (χ3n) is 4.59. The maximum atomic E-state index is 12.7. The molecule has 0 atom stereocenters. The summed E-state index contributed by atoms with van der Waals surface area (Å²) in [7, 11) is 0. The molecular formula is C20H27ClN4O3. The van der Waals surface area contributed by atoms with Gasteiger partial charge in [-0.05, 0) is 25.8 Å². The van der Waals surface area contributed by atoms with Gasteiger partial charge < -0.3 is 20.4 Å². The Hall–Kier alpha value is -2.38. The fraction of sp³-hybridized carbons (Fsp3) is 0.450. The maximum Gasteiger partial charge on any atom is 0.258 e. The molecule has 2 aromatic heterocycles. The summed E-state index contributed by atoms with van der Waals surface area (Å²) >= 11 is 0. The van der Waals surface area contributed by atoms with E-state index in [9.17, 15) is 9.59 Å². The lowest BCUT2D eigenvalue weighted by atomic mass is 9.93. The molecule has 3 N–H and O–H groups in total. The second kappa shape index (κ2) is 10.8. The molecule has 0 saturated carbocycles. The van der Waals surface area contributed by atoms with Crippen molar-refractivity contribution in [2.75, 3.05) is 25.0 Å². The van der Waals surface area contributed by atoms with Gasteiger partial charge in [0.15, 0.2) is 5.78 Å². The van der Waals surface area contributed by atoms with E-state index in [2.05, 4.69) is 27.5 Å². The molecule has 2 aromatic rings. The van der Waals surface area contributed by atoms with Crippen LogP contribution >= 0.6 is 12.4 Å². The lowest BCUT2D eigenvalue weighted by molar-refractivity contribution is 0.0956. The van der Waals surface area contributed by atoms with Crippen LogP contribution in [0.4, 0.5) is 5.69 Å². The van der Waals surface area contributed by atoms with Crippen LogP contribution in [0, 0.1) is 0 Å². The summed E-state index contributed by atoms with van der Waals surface area (Å²) < 4.78 is 5.78. The fourth-order valence-electron chi connectivity index (χ4n) is 3.16. The van der Waals surface area contributed by atoms with Crippen LogP contribution in [0.1, 0.15) is 59.0 Å². The number of aryl methyl sites for hydroxylation is 1. The first-order valence-electron chi connectivity index (χ1n) is 9.53. The van der Waals surface area contributed by atoms with Crippen molar-refractivity contribution >= 4 is 29.8 Å². The summed E-state index contributed by atoms with van der Waals surface area (Å²) in [4.78, 5) is 32.0. The summed E-state index contributed by atoms with van der Waals surface area (Å²) in [5, 5.41) is 6.13. The predicted molar refractivity (Wildman–Crippen MR) is 111 cm³/mol. The number of amides is 1.